The van der Waals surface area contributed by atoms with E-state index in [0.717, 1.165) is 64.9 Å². The number of aryl methyl sites for hydroxylation is 1. The number of Topliss-reactive ketones (excluding diaryl/α,β-unsaturated/α-hetero) is 1. The predicted octanol–water partition coefficient (Wildman–Crippen LogP) is 7.33. The summed E-state index contributed by atoms with van der Waals surface area (Å²) in [6, 6.07) is 16.3. The highest BCUT2D eigenvalue weighted by Crippen LogP contribution is 2.34. The second kappa shape index (κ2) is 13.0. The van der Waals surface area contributed by atoms with Crippen LogP contribution in [0.3, 0.4) is 0 Å². The minimum Gasteiger partial charge on any atom is -0.378 e. The van der Waals surface area contributed by atoms with Gasteiger partial charge in [-0.05, 0) is 48.9 Å². The van der Waals surface area contributed by atoms with E-state index >= 15 is 0 Å². The fourth-order valence-electron chi connectivity index (χ4n) is 5.74. The molecule has 1 aromatic heterocycles. The monoisotopic (exact) mass is 500 g/mol. The van der Waals surface area contributed by atoms with Crippen molar-refractivity contribution < 1.29 is 4.79 Å². The Morgan fingerprint density at radius 3 is 2.22 bits per heavy atom. The van der Waals surface area contributed by atoms with E-state index in [-0.39, 0.29) is 5.78 Å². The van der Waals surface area contributed by atoms with Gasteiger partial charge in [-0.2, -0.15) is 0 Å². The summed E-state index contributed by atoms with van der Waals surface area (Å²) in [6.45, 7) is 0. The van der Waals surface area contributed by atoms with Gasteiger partial charge in [0.15, 0.2) is 5.78 Å². The number of hydrogen-bond acceptors (Lipinski definition) is 5. The summed E-state index contributed by atoms with van der Waals surface area (Å²) in [5.74, 6) is 3.93. The summed E-state index contributed by atoms with van der Waals surface area (Å²) < 4.78 is 0. The Labute approximate surface area is 223 Å². The lowest BCUT2D eigenvalue weighted by atomic mass is 9.78. The Morgan fingerprint density at radius 1 is 0.811 bits per heavy atom. The summed E-state index contributed by atoms with van der Waals surface area (Å²) in [7, 11) is 8.13. The molecule has 0 radical (unpaired) electrons. The van der Waals surface area contributed by atoms with Crippen molar-refractivity contribution in [3.05, 3.63) is 59.9 Å². The molecule has 0 aliphatic heterocycles. The molecule has 0 atom stereocenters. The molecule has 0 bridgehead atoms. The van der Waals surface area contributed by atoms with Gasteiger partial charge in [-0.25, -0.2) is 9.97 Å². The van der Waals surface area contributed by atoms with Gasteiger partial charge in [0.25, 0.3) is 0 Å². The predicted molar refractivity (Wildman–Crippen MR) is 156 cm³/mol. The van der Waals surface area contributed by atoms with Gasteiger partial charge in [-0.1, -0.05) is 69.2 Å². The molecule has 3 aromatic rings. The van der Waals surface area contributed by atoms with Gasteiger partial charge in [0.05, 0.1) is 5.52 Å². The molecule has 0 spiro atoms. The van der Waals surface area contributed by atoms with Gasteiger partial charge >= 0.3 is 0 Å². The number of unbranched alkanes of at least 4 members (excludes halogenated alkanes) is 1. The molecule has 0 unspecified atom stereocenters. The van der Waals surface area contributed by atoms with Crippen LogP contribution in [0.5, 0.6) is 0 Å². The number of fused-ring (bicyclic) bond motifs is 1. The van der Waals surface area contributed by atoms with Gasteiger partial charge in [-0.15, -0.1) is 0 Å². The highest BCUT2D eigenvalue weighted by Gasteiger charge is 2.21. The summed E-state index contributed by atoms with van der Waals surface area (Å²) in [5, 5.41) is 1.12. The highest BCUT2D eigenvalue weighted by molar-refractivity contribution is 5.96. The van der Waals surface area contributed by atoms with Crippen molar-refractivity contribution >= 4 is 28.2 Å². The Morgan fingerprint density at radius 2 is 1.51 bits per heavy atom. The molecule has 1 fully saturated rings. The smallest absolute Gasteiger partial charge is 0.162 e. The van der Waals surface area contributed by atoms with Gasteiger partial charge in [0.1, 0.15) is 11.6 Å². The Balaban J connectivity index is 1.14. The van der Waals surface area contributed by atoms with E-state index in [1.165, 1.54) is 44.9 Å². The average molecular weight is 501 g/mol. The number of carbonyl (C=O) groups is 1. The van der Waals surface area contributed by atoms with Crippen LogP contribution in [-0.4, -0.2) is 43.9 Å². The summed E-state index contributed by atoms with van der Waals surface area (Å²) in [5.41, 5.74) is 2.98. The average Bonchev–Trinajstić information content (AvgIpc) is 2.91. The largest absolute Gasteiger partial charge is 0.378 e. The number of ketones is 1. The number of anilines is 2. The van der Waals surface area contributed by atoms with Crippen molar-refractivity contribution in [1.82, 2.24) is 9.97 Å². The molecular formula is C32H44N4O. The third-order valence-electron chi connectivity index (χ3n) is 7.98. The van der Waals surface area contributed by atoms with Crippen LogP contribution in [0.15, 0.2) is 48.5 Å². The standard InChI is InChI=1S/C32H44N4O/c1-35(2)27-14-10-13-26(23-27)30(37)17-9-12-25-21-19-24(20-22-25)11-5-8-18-31-33-29-16-7-6-15-28(29)32(34-31)36(3)4/h6-7,10,13-16,23-25H,5,8-9,11-12,17-22H2,1-4H3. The van der Waals surface area contributed by atoms with Crippen LogP contribution in [-0.2, 0) is 6.42 Å². The second-order valence-electron chi connectivity index (χ2n) is 11.3. The molecular weight excluding hydrogens is 456 g/mol. The van der Waals surface area contributed by atoms with Crippen molar-refractivity contribution in [3.8, 4) is 0 Å². The van der Waals surface area contributed by atoms with Gasteiger partial charge in [-0.3, -0.25) is 4.79 Å². The minimum atomic E-state index is 0.283. The summed E-state index contributed by atoms with van der Waals surface area (Å²) in [4.78, 5) is 26.5. The van der Waals surface area contributed by atoms with Crippen LogP contribution in [0, 0.1) is 11.8 Å². The highest BCUT2D eigenvalue weighted by atomic mass is 16.1. The van der Waals surface area contributed by atoms with E-state index in [4.69, 9.17) is 9.97 Å². The molecule has 5 nitrogen and oxygen atoms in total. The van der Waals surface area contributed by atoms with Crippen molar-refractivity contribution in [2.24, 2.45) is 11.8 Å². The van der Waals surface area contributed by atoms with E-state index in [1.807, 2.05) is 43.3 Å². The molecule has 1 heterocycles. The zero-order valence-electron chi connectivity index (χ0n) is 23.2. The molecule has 4 rings (SSSR count). The number of nitrogens with zero attached hydrogens (tertiary/aromatic N) is 4. The second-order valence-corrected chi connectivity index (χ2v) is 11.3. The van der Waals surface area contributed by atoms with E-state index in [0.29, 0.717) is 6.42 Å². The zero-order chi connectivity index (χ0) is 26.2. The Hall–Kier alpha value is -2.95. The maximum absolute atomic E-state index is 12.6. The van der Waals surface area contributed by atoms with E-state index in [1.54, 1.807) is 0 Å². The van der Waals surface area contributed by atoms with Crippen LogP contribution in [0.1, 0.15) is 80.4 Å². The fraction of sp³-hybridized carbons (Fsp3) is 0.531. The van der Waals surface area contributed by atoms with Gasteiger partial charge in [0.2, 0.25) is 0 Å². The molecule has 1 aliphatic rings. The van der Waals surface area contributed by atoms with Crippen molar-refractivity contribution in [3.63, 3.8) is 0 Å². The number of rotatable bonds is 12. The first kappa shape index (κ1) is 27.1. The lowest BCUT2D eigenvalue weighted by Gasteiger charge is -2.28. The van der Waals surface area contributed by atoms with Crippen molar-refractivity contribution in [2.45, 2.75) is 70.6 Å². The van der Waals surface area contributed by atoms with E-state index in [2.05, 4.69) is 43.3 Å². The molecule has 0 amide bonds. The molecule has 1 aliphatic carbocycles. The summed E-state index contributed by atoms with van der Waals surface area (Å²) in [6.07, 6.45) is 12.9. The third-order valence-corrected chi connectivity index (χ3v) is 7.98. The number of hydrogen-bond donors (Lipinski definition) is 0. The lowest BCUT2D eigenvalue weighted by Crippen LogP contribution is -2.15. The Kier molecular flexibility index (Phi) is 9.54. The first-order valence-corrected chi connectivity index (χ1v) is 14.1. The number of carbonyl (C=O) groups excluding carboxylic acids is 1. The van der Waals surface area contributed by atoms with E-state index in [9.17, 15) is 4.79 Å². The van der Waals surface area contributed by atoms with Crippen molar-refractivity contribution in [2.75, 3.05) is 38.0 Å². The molecule has 1 saturated carbocycles. The lowest BCUT2D eigenvalue weighted by molar-refractivity contribution is 0.0976. The maximum atomic E-state index is 12.6. The van der Waals surface area contributed by atoms with Gasteiger partial charge < -0.3 is 9.80 Å². The minimum absolute atomic E-state index is 0.283. The number of para-hydroxylation sites is 1. The zero-order valence-corrected chi connectivity index (χ0v) is 23.2. The summed E-state index contributed by atoms with van der Waals surface area (Å²) >= 11 is 0. The van der Waals surface area contributed by atoms with E-state index < -0.39 is 0 Å². The fourth-order valence-corrected chi connectivity index (χ4v) is 5.74. The number of benzene rings is 2. The molecule has 2 aromatic carbocycles. The normalized spacial score (nSPS) is 17.6. The molecule has 0 N–H and O–H groups in total. The third kappa shape index (κ3) is 7.53. The maximum Gasteiger partial charge on any atom is 0.162 e. The van der Waals surface area contributed by atoms with Crippen LogP contribution in [0.2, 0.25) is 0 Å². The van der Waals surface area contributed by atoms with Crippen LogP contribution >= 0.6 is 0 Å². The Bertz CT molecular complexity index is 1160. The van der Waals surface area contributed by atoms with Crippen LogP contribution in [0.4, 0.5) is 11.5 Å². The van der Waals surface area contributed by atoms with Crippen LogP contribution in [0.25, 0.3) is 10.9 Å². The SMILES string of the molecule is CN(C)c1cccc(C(=O)CCCC2CCC(CCCCc3nc(N(C)C)c4ccccc4n3)CC2)c1. The molecule has 5 heteroatoms. The van der Waals surface area contributed by atoms with Crippen molar-refractivity contribution in [1.29, 1.82) is 0 Å². The van der Waals surface area contributed by atoms with Crippen LogP contribution < -0.4 is 9.80 Å². The first-order chi connectivity index (χ1) is 17.9. The number of aromatic nitrogens is 2. The van der Waals surface area contributed by atoms with Gasteiger partial charge in [0, 0.05) is 57.7 Å². The molecule has 198 valence electrons. The quantitative estimate of drug-likeness (QED) is 0.192. The molecule has 37 heavy (non-hydrogen) atoms. The topological polar surface area (TPSA) is 49.3 Å². The molecule has 0 saturated heterocycles. The first-order valence-electron chi connectivity index (χ1n) is 14.1.